The number of phenolic OH excluding ortho intramolecular Hbond substituents is 1. The number of benzene rings is 1. The number of anilines is 1. The molecule has 0 aliphatic heterocycles. The Hall–Kier alpha value is -1.95. The molecule has 1 aliphatic carbocycles. The van der Waals surface area contributed by atoms with Crippen molar-refractivity contribution in [2.45, 2.75) is 51.0 Å². The second kappa shape index (κ2) is 6.28. The van der Waals surface area contributed by atoms with Crippen molar-refractivity contribution in [3.05, 3.63) is 17.7 Å². The summed E-state index contributed by atoms with van der Waals surface area (Å²) in [5.41, 5.74) is 6.46. The summed E-state index contributed by atoms with van der Waals surface area (Å²) in [6, 6.07) is 3.55. The average molecular weight is 322 g/mol. The quantitative estimate of drug-likeness (QED) is 0.740. The number of phenols is 1. The highest BCUT2D eigenvalue weighted by molar-refractivity contribution is 5.88. The third kappa shape index (κ3) is 3.69. The smallest absolute Gasteiger partial charge is 0.412 e. The van der Waals surface area contributed by atoms with E-state index < -0.39 is 11.7 Å². The molecule has 1 aromatic rings. The van der Waals surface area contributed by atoms with Crippen LogP contribution in [0, 0.1) is 0 Å². The molecule has 1 aliphatic rings. The van der Waals surface area contributed by atoms with Crippen LogP contribution in [-0.4, -0.2) is 30.5 Å². The van der Waals surface area contributed by atoms with Gasteiger partial charge in [-0.25, -0.2) is 4.79 Å². The molecule has 1 aromatic carbocycles. The summed E-state index contributed by atoms with van der Waals surface area (Å²) in [7, 11) is 1.48. The fourth-order valence-corrected chi connectivity index (χ4v) is 2.79. The zero-order chi connectivity index (χ0) is 17.3. The Morgan fingerprint density at radius 1 is 1.39 bits per heavy atom. The van der Waals surface area contributed by atoms with Crippen molar-refractivity contribution in [3.8, 4) is 11.5 Å². The molecular formula is C17H26N2O4. The minimum absolute atomic E-state index is 0.106. The molecule has 6 heteroatoms. The molecule has 0 bridgehead atoms. The van der Waals surface area contributed by atoms with E-state index in [2.05, 4.69) is 5.32 Å². The van der Waals surface area contributed by atoms with Crippen molar-refractivity contribution < 1.29 is 19.4 Å². The number of rotatable bonds is 4. The van der Waals surface area contributed by atoms with E-state index in [9.17, 15) is 9.90 Å². The van der Waals surface area contributed by atoms with Crippen molar-refractivity contribution in [2.75, 3.05) is 19.0 Å². The highest BCUT2D eigenvalue weighted by Crippen LogP contribution is 2.47. The fraction of sp³-hybridized carbons (Fsp3) is 0.588. The van der Waals surface area contributed by atoms with Gasteiger partial charge < -0.3 is 20.3 Å². The third-order valence-corrected chi connectivity index (χ3v) is 4.24. The molecule has 1 amide bonds. The Labute approximate surface area is 137 Å². The standard InChI is InChI=1S/C17H26N2O4/c1-16(2,3)23-15(21)19-12-8-11(9-13(22-4)14(12)20)17(10-18)6-5-7-17/h8-9,20H,5-7,10,18H2,1-4H3,(H,19,21). The maximum atomic E-state index is 12.0. The Bertz CT molecular complexity index is 583. The number of nitrogens with two attached hydrogens (primary N) is 1. The van der Waals surface area contributed by atoms with Crippen molar-refractivity contribution >= 4 is 11.8 Å². The second-order valence-corrected chi connectivity index (χ2v) is 7.04. The first-order chi connectivity index (χ1) is 10.7. The molecule has 0 radical (unpaired) electrons. The number of methoxy groups -OCH3 is 1. The van der Waals surface area contributed by atoms with Crippen LogP contribution in [0.5, 0.6) is 11.5 Å². The van der Waals surface area contributed by atoms with Gasteiger partial charge >= 0.3 is 6.09 Å². The van der Waals surface area contributed by atoms with Gasteiger partial charge in [0, 0.05) is 12.0 Å². The number of carbonyl (C=O) groups excluding carboxylic acids is 1. The van der Waals surface area contributed by atoms with Gasteiger partial charge in [0.15, 0.2) is 11.5 Å². The molecule has 0 spiro atoms. The summed E-state index contributed by atoms with van der Waals surface area (Å²) < 4.78 is 10.5. The minimum Gasteiger partial charge on any atom is -0.503 e. The highest BCUT2D eigenvalue weighted by atomic mass is 16.6. The predicted octanol–water partition coefficient (Wildman–Crippen LogP) is 3.13. The first-order valence-corrected chi connectivity index (χ1v) is 7.82. The molecule has 0 aromatic heterocycles. The molecule has 0 unspecified atom stereocenters. The van der Waals surface area contributed by atoms with E-state index in [-0.39, 0.29) is 16.9 Å². The number of amides is 1. The van der Waals surface area contributed by atoms with Crippen LogP contribution in [0.4, 0.5) is 10.5 Å². The second-order valence-electron chi connectivity index (χ2n) is 7.04. The largest absolute Gasteiger partial charge is 0.503 e. The number of hydrogen-bond acceptors (Lipinski definition) is 5. The van der Waals surface area contributed by atoms with Crippen molar-refractivity contribution in [2.24, 2.45) is 5.73 Å². The van der Waals surface area contributed by atoms with Crippen LogP contribution in [0.3, 0.4) is 0 Å². The van der Waals surface area contributed by atoms with Gasteiger partial charge in [-0.3, -0.25) is 5.32 Å². The van der Waals surface area contributed by atoms with Gasteiger partial charge in [0.25, 0.3) is 0 Å². The van der Waals surface area contributed by atoms with E-state index >= 15 is 0 Å². The van der Waals surface area contributed by atoms with Crippen LogP contribution in [0.1, 0.15) is 45.6 Å². The van der Waals surface area contributed by atoms with E-state index in [1.165, 1.54) is 7.11 Å². The Balaban J connectivity index is 2.33. The molecule has 0 saturated heterocycles. The lowest BCUT2D eigenvalue weighted by Gasteiger charge is -2.42. The van der Waals surface area contributed by atoms with Crippen LogP contribution in [0.2, 0.25) is 0 Å². The van der Waals surface area contributed by atoms with Crippen LogP contribution < -0.4 is 15.8 Å². The van der Waals surface area contributed by atoms with Gasteiger partial charge in [-0.15, -0.1) is 0 Å². The molecule has 0 heterocycles. The molecule has 2 rings (SSSR count). The summed E-state index contributed by atoms with van der Waals surface area (Å²) in [5, 5.41) is 12.9. The van der Waals surface area contributed by atoms with Crippen LogP contribution in [0.15, 0.2) is 12.1 Å². The summed E-state index contributed by atoms with van der Waals surface area (Å²) in [5.74, 6) is 0.196. The number of nitrogens with one attached hydrogen (secondary N) is 1. The Kier molecular flexibility index (Phi) is 4.75. The first kappa shape index (κ1) is 17.4. The summed E-state index contributed by atoms with van der Waals surface area (Å²) >= 11 is 0. The minimum atomic E-state index is -0.623. The molecule has 1 fully saturated rings. The zero-order valence-electron chi connectivity index (χ0n) is 14.2. The normalized spacial score (nSPS) is 16.4. The lowest BCUT2D eigenvalue weighted by Crippen LogP contribution is -2.41. The molecule has 128 valence electrons. The van der Waals surface area contributed by atoms with E-state index in [1.807, 2.05) is 0 Å². The third-order valence-electron chi connectivity index (χ3n) is 4.24. The van der Waals surface area contributed by atoms with Gasteiger partial charge in [0.05, 0.1) is 12.8 Å². The zero-order valence-corrected chi connectivity index (χ0v) is 14.2. The summed E-state index contributed by atoms with van der Waals surface area (Å²) in [4.78, 5) is 12.0. The van der Waals surface area contributed by atoms with Crippen molar-refractivity contribution in [3.63, 3.8) is 0 Å². The van der Waals surface area contributed by atoms with E-state index in [4.69, 9.17) is 15.2 Å². The maximum Gasteiger partial charge on any atom is 0.412 e. The van der Waals surface area contributed by atoms with Crippen LogP contribution >= 0.6 is 0 Å². The first-order valence-electron chi connectivity index (χ1n) is 7.82. The lowest BCUT2D eigenvalue weighted by atomic mass is 9.64. The number of ether oxygens (including phenoxy) is 2. The van der Waals surface area contributed by atoms with Gasteiger partial charge in [-0.05, 0) is 51.3 Å². The highest BCUT2D eigenvalue weighted by Gasteiger charge is 2.38. The van der Waals surface area contributed by atoms with Crippen molar-refractivity contribution in [1.82, 2.24) is 0 Å². The molecule has 1 saturated carbocycles. The predicted molar refractivity (Wildman–Crippen MR) is 89.1 cm³/mol. The number of hydrogen-bond donors (Lipinski definition) is 3. The fourth-order valence-electron chi connectivity index (χ4n) is 2.79. The van der Waals surface area contributed by atoms with Gasteiger partial charge in [-0.2, -0.15) is 0 Å². The van der Waals surface area contributed by atoms with Crippen LogP contribution in [0.25, 0.3) is 0 Å². The maximum absolute atomic E-state index is 12.0. The molecule has 0 atom stereocenters. The van der Waals surface area contributed by atoms with E-state index in [0.717, 1.165) is 24.8 Å². The van der Waals surface area contributed by atoms with Crippen molar-refractivity contribution in [1.29, 1.82) is 0 Å². The van der Waals surface area contributed by atoms with E-state index in [1.54, 1.807) is 32.9 Å². The summed E-state index contributed by atoms with van der Waals surface area (Å²) in [6.45, 7) is 5.86. The number of aromatic hydroxyl groups is 1. The van der Waals surface area contributed by atoms with E-state index in [0.29, 0.717) is 12.3 Å². The SMILES string of the molecule is COc1cc(C2(CN)CCC2)cc(NC(=O)OC(C)(C)C)c1O. The van der Waals surface area contributed by atoms with Gasteiger partial charge in [0.1, 0.15) is 5.60 Å². The molecule has 23 heavy (non-hydrogen) atoms. The Morgan fingerprint density at radius 2 is 2.04 bits per heavy atom. The monoisotopic (exact) mass is 322 g/mol. The topological polar surface area (TPSA) is 93.8 Å². The lowest BCUT2D eigenvalue weighted by molar-refractivity contribution is 0.0635. The molecule has 6 nitrogen and oxygen atoms in total. The van der Waals surface area contributed by atoms with Crippen LogP contribution in [-0.2, 0) is 10.2 Å². The molecule has 4 N–H and O–H groups in total. The number of carbonyl (C=O) groups is 1. The Morgan fingerprint density at radius 3 is 2.48 bits per heavy atom. The average Bonchev–Trinajstić information content (AvgIpc) is 2.39. The van der Waals surface area contributed by atoms with Gasteiger partial charge in [-0.1, -0.05) is 6.42 Å². The summed E-state index contributed by atoms with van der Waals surface area (Å²) in [6.07, 6.45) is 2.48. The molecular weight excluding hydrogens is 296 g/mol. The van der Waals surface area contributed by atoms with Gasteiger partial charge in [0.2, 0.25) is 0 Å².